The average Bonchev–Trinajstić information content (AvgIpc) is 2.34. The maximum Gasteiger partial charge on any atom is 0.235 e. The molecule has 0 aliphatic carbocycles. The number of nitrogens with zero attached hydrogens (tertiary/aromatic N) is 1. The summed E-state index contributed by atoms with van der Waals surface area (Å²) in [5.41, 5.74) is 0.544. The largest absolute Gasteiger partial charge is 0.492 e. The highest BCUT2D eigenvalue weighted by molar-refractivity contribution is 6.27. The van der Waals surface area contributed by atoms with Gasteiger partial charge in [-0.1, -0.05) is 6.07 Å². The minimum atomic E-state index is -0.226. The molecule has 0 atom stereocenters. The molecule has 5 heteroatoms. The van der Waals surface area contributed by atoms with Crippen molar-refractivity contribution in [3.63, 3.8) is 0 Å². The van der Waals surface area contributed by atoms with Gasteiger partial charge in [-0.05, 0) is 18.2 Å². The Kier molecular flexibility index (Phi) is 5.17. The molecule has 16 heavy (non-hydrogen) atoms. The zero-order valence-corrected chi connectivity index (χ0v) is 9.33. The minimum Gasteiger partial charge on any atom is -0.492 e. The van der Waals surface area contributed by atoms with Gasteiger partial charge in [0.05, 0.1) is 18.2 Å². The number of rotatable bonds is 5. The van der Waals surface area contributed by atoms with Gasteiger partial charge in [0.25, 0.3) is 0 Å². The third-order valence-electron chi connectivity index (χ3n) is 1.78. The van der Waals surface area contributed by atoms with Crippen molar-refractivity contribution < 1.29 is 9.53 Å². The van der Waals surface area contributed by atoms with E-state index in [1.165, 1.54) is 0 Å². The molecule has 0 fully saturated rings. The van der Waals surface area contributed by atoms with E-state index < -0.39 is 0 Å². The van der Waals surface area contributed by atoms with Gasteiger partial charge in [0.15, 0.2) is 0 Å². The molecular weight excluding hydrogens is 228 g/mol. The molecule has 0 bridgehead atoms. The molecule has 1 aromatic carbocycles. The Balaban J connectivity index is 2.32. The predicted octanol–water partition coefficient (Wildman–Crippen LogP) is 1.29. The van der Waals surface area contributed by atoms with Crippen LogP contribution in [-0.4, -0.2) is 24.9 Å². The maximum atomic E-state index is 10.8. The molecule has 0 aliphatic rings. The van der Waals surface area contributed by atoms with E-state index in [1.54, 1.807) is 24.3 Å². The molecule has 0 heterocycles. The van der Waals surface area contributed by atoms with Crippen LogP contribution in [0.3, 0.4) is 0 Å². The lowest BCUT2D eigenvalue weighted by Gasteiger charge is -2.06. The summed E-state index contributed by atoms with van der Waals surface area (Å²) in [6.07, 6.45) is 0. The number of hydrogen-bond acceptors (Lipinski definition) is 3. The molecule has 0 spiro atoms. The Morgan fingerprint density at radius 3 is 3.06 bits per heavy atom. The molecule has 0 saturated carbocycles. The van der Waals surface area contributed by atoms with Crippen LogP contribution in [0.1, 0.15) is 5.56 Å². The molecule has 0 aromatic heterocycles. The lowest BCUT2D eigenvalue weighted by molar-refractivity contribution is -0.118. The average molecular weight is 239 g/mol. The number of halogens is 1. The lowest BCUT2D eigenvalue weighted by atomic mass is 10.2. The van der Waals surface area contributed by atoms with E-state index in [-0.39, 0.29) is 11.8 Å². The summed E-state index contributed by atoms with van der Waals surface area (Å²) >= 11 is 5.30. The van der Waals surface area contributed by atoms with Gasteiger partial charge in [-0.15, -0.1) is 11.6 Å². The number of ether oxygens (including phenoxy) is 1. The quantitative estimate of drug-likeness (QED) is 0.621. The van der Waals surface area contributed by atoms with Crippen molar-refractivity contribution in [1.82, 2.24) is 5.32 Å². The zero-order valence-electron chi connectivity index (χ0n) is 8.57. The first-order valence-corrected chi connectivity index (χ1v) is 5.25. The molecule has 0 radical (unpaired) electrons. The molecule has 1 amide bonds. The fourth-order valence-electron chi connectivity index (χ4n) is 1.06. The number of alkyl halides is 1. The summed E-state index contributed by atoms with van der Waals surface area (Å²) in [5, 5.41) is 11.2. The van der Waals surface area contributed by atoms with Crippen LogP contribution >= 0.6 is 11.6 Å². The molecule has 1 aromatic rings. The van der Waals surface area contributed by atoms with E-state index in [2.05, 4.69) is 5.32 Å². The van der Waals surface area contributed by atoms with E-state index in [1.807, 2.05) is 6.07 Å². The minimum absolute atomic E-state index is 0.0517. The summed E-state index contributed by atoms with van der Waals surface area (Å²) in [7, 11) is 0. The van der Waals surface area contributed by atoms with Gasteiger partial charge in [-0.2, -0.15) is 5.26 Å². The SMILES string of the molecule is N#Cc1cccc(OCCNC(=O)CCl)c1. The highest BCUT2D eigenvalue weighted by atomic mass is 35.5. The Bertz CT molecular complexity index is 401. The van der Waals surface area contributed by atoms with Crippen molar-refractivity contribution in [2.45, 2.75) is 0 Å². The molecular formula is C11H11ClN2O2. The highest BCUT2D eigenvalue weighted by Gasteiger charge is 1.98. The Morgan fingerprint density at radius 1 is 1.56 bits per heavy atom. The summed E-state index contributed by atoms with van der Waals surface area (Å²) in [4.78, 5) is 10.8. The monoisotopic (exact) mass is 238 g/mol. The summed E-state index contributed by atoms with van der Waals surface area (Å²) in [6.45, 7) is 0.736. The van der Waals surface area contributed by atoms with Crippen LogP contribution in [0, 0.1) is 11.3 Å². The summed E-state index contributed by atoms with van der Waals surface area (Å²) in [5.74, 6) is 0.333. The van der Waals surface area contributed by atoms with Crippen molar-refractivity contribution in [3.8, 4) is 11.8 Å². The van der Waals surface area contributed by atoms with Crippen LogP contribution in [-0.2, 0) is 4.79 Å². The Morgan fingerprint density at radius 2 is 2.38 bits per heavy atom. The molecule has 0 aliphatic heterocycles. The van der Waals surface area contributed by atoms with Crippen molar-refractivity contribution in [1.29, 1.82) is 5.26 Å². The van der Waals surface area contributed by atoms with Crippen molar-refractivity contribution in [3.05, 3.63) is 29.8 Å². The first-order valence-electron chi connectivity index (χ1n) is 4.72. The number of carbonyl (C=O) groups excluding carboxylic acids is 1. The molecule has 4 nitrogen and oxygen atoms in total. The van der Waals surface area contributed by atoms with Gasteiger partial charge >= 0.3 is 0 Å². The Labute approximate surface area is 98.8 Å². The van der Waals surface area contributed by atoms with Gasteiger partial charge in [0.1, 0.15) is 18.2 Å². The van der Waals surface area contributed by atoms with Crippen molar-refractivity contribution >= 4 is 17.5 Å². The van der Waals surface area contributed by atoms with E-state index in [0.29, 0.717) is 24.5 Å². The van der Waals surface area contributed by atoms with Crippen LogP contribution in [0.15, 0.2) is 24.3 Å². The highest BCUT2D eigenvalue weighted by Crippen LogP contribution is 2.11. The first kappa shape index (κ1) is 12.3. The summed E-state index contributed by atoms with van der Waals surface area (Å²) < 4.78 is 5.33. The maximum absolute atomic E-state index is 10.8. The molecule has 0 unspecified atom stereocenters. The third-order valence-corrected chi connectivity index (χ3v) is 2.02. The fraction of sp³-hybridized carbons (Fsp3) is 0.273. The van der Waals surface area contributed by atoms with Crippen LogP contribution in [0.4, 0.5) is 0 Å². The number of amides is 1. The number of carbonyl (C=O) groups is 1. The second kappa shape index (κ2) is 6.70. The second-order valence-electron chi connectivity index (χ2n) is 2.97. The smallest absolute Gasteiger partial charge is 0.235 e. The predicted molar refractivity (Wildman–Crippen MR) is 60.4 cm³/mol. The van der Waals surface area contributed by atoms with E-state index >= 15 is 0 Å². The fourth-order valence-corrected chi connectivity index (χ4v) is 1.16. The van der Waals surface area contributed by atoms with Crippen molar-refractivity contribution in [2.75, 3.05) is 19.0 Å². The second-order valence-corrected chi connectivity index (χ2v) is 3.24. The van der Waals surface area contributed by atoms with Gasteiger partial charge in [-0.25, -0.2) is 0 Å². The van der Waals surface area contributed by atoms with Gasteiger partial charge in [0.2, 0.25) is 5.91 Å². The Hall–Kier alpha value is -1.73. The van der Waals surface area contributed by atoms with Crippen LogP contribution in [0.5, 0.6) is 5.75 Å². The third kappa shape index (κ3) is 4.20. The molecule has 84 valence electrons. The van der Waals surface area contributed by atoms with Gasteiger partial charge < -0.3 is 10.1 Å². The topological polar surface area (TPSA) is 62.1 Å². The van der Waals surface area contributed by atoms with Gasteiger partial charge in [0, 0.05) is 0 Å². The van der Waals surface area contributed by atoms with E-state index in [4.69, 9.17) is 21.6 Å². The lowest BCUT2D eigenvalue weighted by Crippen LogP contribution is -2.28. The number of benzene rings is 1. The molecule has 0 saturated heterocycles. The number of hydrogen-bond donors (Lipinski definition) is 1. The van der Waals surface area contributed by atoms with Crippen LogP contribution < -0.4 is 10.1 Å². The van der Waals surface area contributed by atoms with Crippen molar-refractivity contribution in [2.24, 2.45) is 0 Å². The van der Waals surface area contributed by atoms with E-state index in [0.717, 1.165) is 0 Å². The van der Waals surface area contributed by atoms with E-state index in [9.17, 15) is 4.79 Å². The molecule has 1 N–H and O–H groups in total. The standard InChI is InChI=1S/C11H11ClN2O2/c12-7-11(15)14-4-5-16-10-3-1-2-9(6-10)8-13/h1-3,6H,4-5,7H2,(H,14,15). The summed E-state index contributed by atoms with van der Waals surface area (Å²) in [6, 6.07) is 8.85. The number of nitriles is 1. The normalized spacial score (nSPS) is 9.25. The van der Waals surface area contributed by atoms with Crippen LogP contribution in [0.2, 0.25) is 0 Å². The molecule has 1 rings (SSSR count). The first-order chi connectivity index (χ1) is 7.76. The number of nitrogens with one attached hydrogen (secondary N) is 1. The van der Waals surface area contributed by atoms with Gasteiger partial charge in [-0.3, -0.25) is 4.79 Å². The van der Waals surface area contributed by atoms with Crippen LogP contribution in [0.25, 0.3) is 0 Å². The zero-order chi connectivity index (χ0) is 11.8.